The summed E-state index contributed by atoms with van der Waals surface area (Å²) in [6.07, 6.45) is 6.61. The lowest BCUT2D eigenvalue weighted by Gasteiger charge is -2.31. The van der Waals surface area contributed by atoms with Crippen molar-refractivity contribution in [2.75, 3.05) is 24.5 Å². The summed E-state index contributed by atoms with van der Waals surface area (Å²) in [4.78, 5) is 28.4. The fraction of sp³-hybridized carbons (Fsp3) is 0.348. The Morgan fingerprint density at radius 2 is 2.30 bits per heavy atom. The van der Waals surface area contributed by atoms with Crippen LogP contribution in [0.4, 0.5) is 5.13 Å². The molecule has 154 valence electrons. The summed E-state index contributed by atoms with van der Waals surface area (Å²) in [5.41, 5.74) is 4.58. The molecule has 2 N–H and O–H groups in total. The number of aromatic amines is 1. The maximum atomic E-state index is 12.8. The van der Waals surface area contributed by atoms with Crippen molar-refractivity contribution in [3.8, 4) is 0 Å². The van der Waals surface area contributed by atoms with Crippen molar-refractivity contribution < 1.29 is 4.79 Å². The first-order valence-corrected chi connectivity index (χ1v) is 11.3. The number of H-pyrrole nitrogens is 1. The Hall–Kier alpha value is -2.93. The minimum Gasteiger partial charge on any atom is -0.361 e. The third-order valence-electron chi connectivity index (χ3n) is 5.83. The highest BCUT2D eigenvalue weighted by molar-refractivity contribution is 7.21. The Labute approximate surface area is 179 Å². The van der Waals surface area contributed by atoms with Crippen molar-refractivity contribution in [3.05, 3.63) is 53.9 Å². The number of benzene rings is 1. The van der Waals surface area contributed by atoms with Gasteiger partial charge in [-0.2, -0.15) is 0 Å². The Morgan fingerprint density at radius 1 is 1.37 bits per heavy atom. The number of piperidine rings is 1. The van der Waals surface area contributed by atoms with Crippen molar-refractivity contribution >= 4 is 43.6 Å². The summed E-state index contributed by atoms with van der Waals surface area (Å²) in [5, 5.41) is 5.38. The van der Waals surface area contributed by atoms with E-state index >= 15 is 0 Å². The molecule has 0 unspecified atom stereocenters. The number of anilines is 1. The second-order valence-corrected chi connectivity index (χ2v) is 8.97. The number of carbonyl (C=O) groups is 1. The zero-order valence-electron chi connectivity index (χ0n) is 17.0. The van der Waals surface area contributed by atoms with E-state index in [1.54, 1.807) is 17.5 Å². The molecule has 0 bridgehead atoms. The van der Waals surface area contributed by atoms with Gasteiger partial charge in [0.15, 0.2) is 5.13 Å². The number of carbonyl (C=O) groups excluding carboxylic acids is 1. The van der Waals surface area contributed by atoms with Crippen LogP contribution in [0.3, 0.4) is 0 Å². The lowest BCUT2D eigenvalue weighted by atomic mass is 9.97. The number of amides is 1. The predicted molar refractivity (Wildman–Crippen MR) is 122 cm³/mol. The molecule has 1 saturated heterocycles. The van der Waals surface area contributed by atoms with E-state index in [2.05, 4.69) is 51.5 Å². The number of pyridine rings is 1. The number of fused-ring (bicyclic) bond motifs is 2. The molecule has 6 nitrogen and oxygen atoms in total. The Bertz CT molecular complexity index is 1160. The molecule has 7 heteroatoms. The standard InChI is InChI=1S/C23H25N5OS/c1-15-6-7-19-18(12-15)16(13-26-19)8-10-24-21(29)17-4-3-11-28(14-17)23-27-20-5-2-9-25-22(20)30-23/h2,5-7,9,12-13,17,26H,3-4,8,10-11,14H2,1H3,(H,24,29)/t17-/m1/s1. The van der Waals surface area contributed by atoms with Crippen LogP contribution in [0.25, 0.3) is 21.3 Å². The molecular weight excluding hydrogens is 394 g/mol. The molecule has 1 fully saturated rings. The molecule has 0 spiro atoms. The molecule has 1 amide bonds. The fourth-order valence-electron chi connectivity index (χ4n) is 4.22. The van der Waals surface area contributed by atoms with E-state index in [9.17, 15) is 4.79 Å². The van der Waals surface area contributed by atoms with Gasteiger partial charge in [0.1, 0.15) is 10.3 Å². The number of hydrogen-bond donors (Lipinski definition) is 2. The number of aromatic nitrogens is 3. The minimum atomic E-state index is 0.00364. The maximum Gasteiger partial charge on any atom is 0.224 e. The normalized spacial score (nSPS) is 17.0. The lowest BCUT2D eigenvalue weighted by Crippen LogP contribution is -2.43. The summed E-state index contributed by atoms with van der Waals surface area (Å²) in [7, 11) is 0. The topological polar surface area (TPSA) is 73.9 Å². The minimum absolute atomic E-state index is 0.00364. The highest BCUT2D eigenvalue weighted by Gasteiger charge is 2.27. The van der Waals surface area contributed by atoms with E-state index in [-0.39, 0.29) is 11.8 Å². The van der Waals surface area contributed by atoms with E-state index in [1.807, 2.05) is 12.1 Å². The van der Waals surface area contributed by atoms with Crippen molar-refractivity contribution in [1.82, 2.24) is 20.3 Å². The third kappa shape index (κ3) is 3.77. The van der Waals surface area contributed by atoms with Gasteiger partial charge in [0.25, 0.3) is 0 Å². The molecule has 1 aliphatic heterocycles. The van der Waals surface area contributed by atoms with Gasteiger partial charge in [-0.3, -0.25) is 4.79 Å². The summed E-state index contributed by atoms with van der Waals surface area (Å²) < 4.78 is 0. The van der Waals surface area contributed by atoms with Gasteiger partial charge in [0.05, 0.1) is 5.92 Å². The van der Waals surface area contributed by atoms with Gasteiger partial charge in [-0.25, -0.2) is 9.97 Å². The van der Waals surface area contributed by atoms with Crippen LogP contribution >= 0.6 is 11.3 Å². The van der Waals surface area contributed by atoms with Crippen molar-refractivity contribution in [2.24, 2.45) is 5.92 Å². The molecule has 3 aromatic heterocycles. The Kier molecular flexibility index (Phi) is 5.12. The van der Waals surface area contributed by atoms with Crippen LogP contribution in [-0.2, 0) is 11.2 Å². The maximum absolute atomic E-state index is 12.8. The first-order chi connectivity index (χ1) is 14.7. The third-order valence-corrected chi connectivity index (χ3v) is 6.87. The zero-order chi connectivity index (χ0) is 20.5. The highest BCUT2D eigenvalue weighted by Crippen LogP contribution is 2.30. The van der Waals surface area contributed by atoms with Gasteiger partial charge in [0, 0.05) is 42.9 Å². The molecule has 5 rings (SSSR count). The molecule has 1 atom stereocenters. The second kappa shape index (κ2) is 8.07. The molecule has 30 heavy (non-hydrogen) atoms. The quantitative estimate of drug-likeness (QED) is 0.512. The summed E-state index contributed by atoms with van der Waals surface area (Å²) in [5.74, 6) is 0.152. The first-order valence-electron chi connectivity index (χ1n) is 10.5. The number of thiazole rings is 1. The molecular formula is C23H25N5OS. The van der Waals surface area contributed by atoms with E-state index in [0.29, 0.717) is 6.54 Å². The first kappa shape index (κ1) is 19.1. The molecule has 0 aliphatic carbocycles. The predicted octanol–water partition coefficient (Wildman–Crippen LogP) is 4.06. The van der Waals surface area contributed by atoms with Gasteiger partial charge in [-0.15, -0.1) is 0 Å². The molecule has 1 aromatic carbocycles. The molecule has 4 heterocycles. The van der Waals surface area contributed by atoms with Crippen LogP contribution in [0.2, 0.25) is 0 Å². The monoisotopic (exact) mass is 419 g/mol. The van der Waals surface area contributed by atoms with Gasteiger partial charge in [0.2, 0.25) is 5.91 Å². The van der Waals surface area contributed by atoms with Crippen LogP contribution in [0.5, 0.6) is 0 Å². The fourth-order valence-corrected chi connectivity index (χ4v) is 5.17. The van der Waals surface area contributed by atoms with Gasteiger partial charge in [-0.05, 0) is 56.0 Å². The van der Waals surface area contributed by atoms with Gasteiger partial charge in [-0.1, -0.05) is 23.0 Å². The van der Waals surface area contributed by atoms with Crippen molar-refractivity contribution in [3.63, 3.8) is 0 Å². The lowest BCUT2D eigenvalue weighted by molar-refractivity contribution is -0.125. The highest BCUT2D eigenvalue weighted by atomic mass is 32.1. The van der Waals surface area contributed by atoms with Crippen LogP contribution in [0, 0.1) is 12.8 Å². The number of nitrogens with one attached hydrogen (secondary N) is 2. The van der Waals surface area contributed by atoms with Crippen molar-refractivity contribution in [2.45, 2.75) is 26.2 Å². The van der Waals surface area contributed by atoms with Crippen LogP contribution in [-0.4, -0.2) is 40.5 Å². The average molecular weight is 420 g/mol. The molecule has 0 radical (unpaired) electrons. The van der Waals surface area contributed by atoms with Crippen LogP contribution in [0.15, 0.2) is 42.7 Å². The van der Waals surface area contributed by atoms with Gasteiger partial charge < -0.3 is 15.2 Å². The number of nitrogens with zero attached hydrogens (tertiary/aromatic N) is 3. The Balaban J connectivity index is 1.20. The molecule has 1 aliphatic rings. The van der Waals surface area contributed by atoms with E-state index in [1.165, 1.54) is 16.5 Å². The second-order valence-electron chi connectivity index (χ2n) is 8.01. The molecule has 4 aromatic rings. The summed E-state index contributed by atoms with van der Waals surface area (Å²) in [6.45, 7) is 4.42. The van der Waals surface area contributed by atoms with E-state index in [0.717, 1.165) is 53.3 Å². The number of rotatable bonds is 5. The SMILES string of the molecule is Cc1ccc2[nH]cc(CCNC(=O)[C@@H]3CCCN(c4nc5cccnc5s4)C3)c2c1. The Morgan fingerprint density at radius 3 is 3.20 bits per heavy atom. The summed E-state index contributed by atoms with van der Waals surface area (Å²) >= 11 is 1.60. The molecule has 0 saturated carbocycles. The number of hydrogen-bond acceptors (Lipinski definition) is 5. The van der Waals surface area contributed by atoms with Crippen molar-refractivity contribution in [1.29, 1.82) is 0 Å². The number of aryl methyl sites for hydroxylation is 1. The van der Waals surface area contributed by atoms with E-state index in [4.69, 9.17) is 4.98 Å². The zero-order valence-corrected chi connectivity index (χ0v) is 17.8. The van der Waals surface area contributed by atoms with Crippen LogP contribution < -0.4 is 10.2 Å². The smallest absolute Gasteiger partial charge is 0.224 e. The summed E-state index contributed by atoms with van der Waals surface area (Å²) in [6, 6.07) is 10.3. The van der Waals surface area contributed by atoms with Crippen LogP contribution in [0.1, 0.15) is 24.0 Å². The van der Waals surface area contributed by atoms with Gasteiger partial charge >= 0.3 is 0 Å². The van der Waals surface area contributed by atoms with E-state index < -0.39 is 0 Å². The largest absolute Gasteiger partial charge is 0.361 e. The average Bonchev–Trinajstić information content (AvgIpc) is 3.38.